The van der Waals surface area contributed by atoms with Crippen LogP contribution in [0, 0.1) is 91.7 Å². The van der Waals surface area contributed by atoms with E-state index in [9.17, 15) is 46.0 Å². The second-order valence-corrected chi connectivity index (χ2v) is 35.4. The summed E-state index contributed by atoms with van der Waals surface area (Å²) in [5, 5.41) is 122. The predicted molar refractivity (Wildman–Crippen MR) is 346 cm³/mol. The molecule has 6 heterocycles. The summed E-state index contributed by atoms with van der Waals surface area (Å²) in [6, 6.07) is 5.41. The van der Waals surface area contributed by atoms with E-state index < -0.39 is 115 Å². The van der Waals surface area contributed by atoms with Gasteiger partial charge in [-0.05, 0) is 191 Å². The van der Waals surface area contributed by atoms with Gasteiger partial charge in [0, 0.05) is 77.4 Å². The number of ether oxygens (including phenoxy) is 2. The average Bonchev–Trinajstić information content (AvgIpc) is 1.08. The normalized spacial score (nSPS) is 50.1. The van der Waals surface area contributed by atoms with Gasteiger partial charge in [0.2, 0.25) is 5.91 Å². The molecule has 10 fully saturated rings. The SMILES string of the molecule is COC1C=CC2CC(C3CCC4(CN5C(=O)C46C(CO)CCCC6CSSC(O)C46CC(O)C(O)(CO)C7(CCCC7)C4(C)C4CC7C=CCC(O)(C8OC8C(C)C(C)C)C8CCC(O)(C4=CC6=O)C78CCc4cc(O)cc5c4)C3O)NC3(CCCCC3)C2C1. The summed E-state index contributed by atoms with van der Waals surface area (Å²) in [6.07, 6.45) is 21.6. The highest BCUT2D eigenvalue weighted by atomic mass is 33.1. The second kappa shape index (κ2) is 22.1. The van der Waals surface area contributed by atoms with Crippen LogP contribution in [0.4, 0.5) is 5.69 Å². The van der Waals surface area contributed by atoms with Gasteiger partial charge in [0.15, 0.2) is 5.78 Å². The molecule has 3 saturated heterocycles. The van der Waals surface area contributed by atoms with Crippen molar-refractivity contribution in [2.24, 2.45) is 91.7 Å². The number of nitrogens with one attached hydrogen (secondary N) is 1. The lowest BCUT2D eigenvalue weighted by atomic mass is 9.31. The van der Waals surface area contributed by atoms with Gasteiger partial charge in [-0.15, -0.1) is 0 Å². The zero-order valence-corrected chi connectivity index (χ0v) is 55.6. The number of ketones is 1. The number of carbonyl (C=O) groups is 2. The van der Waals surface area contributed by atoms with Crippen molar-refractivity contribution >= 4 is 39.0 Å². The van der Waals surface area contributed by atoms with Crippen molar-refractivity contribution in [1.82, 2.24) is 5.32 Å². The van der Waals surface area contributed by atoms with Crippen LogP contribution in [0.2, 0.25) is 0 Å². The number of aromatic hydroxyl groups is 1. The average molecular weight is 1280 g/mol. The molecular formula is C73H104N2O13S2. The lowest BCUT2D eigenvalue weighted by Gasteiger charge is -2.74. The molecule has 1 aromatic carbocycles. The molecule has 24 atom stereocenters. The van der Waals surface area contributed by atoms with Crippen LogP contribution in [0.15, 0.2) is 54.2 Å². The fourth-order valence-electron chi connectivity index (χ4n) is 25.9. The Morgan fingerprint density at radius 3 is 2.36 bits per heavy atom. The summed E-state index contributed by atoms with van der Waals surface area (Å²) in [7, 11) is 4.39. The molecule has 24 unspecified atom stereocenters. The van der Waals surface area contributed by atoms with E-state index in [0.29, 0.717) is 112 Å². The molecule has 1 aromatic rings. The molecule has 7 saturated carbocycles. The van der Waals surface area contributed by atoms with Crippen molar-refractivity contribution in [3.8, 4) is 5.75 Å². The first-order valence-electron chi connectivity index (χ1n) is 35.4. The molecule has 1 amide bonds. The van der Waals surface area contributed by atoms with Crippen LogP contribution in [0.3, 0.4) is 0 Å². The number of aliphatic hydroxyl groups is 8. The van der Waals surface area contributed by atoms with Gasteiger partial charge in [-0.1, -0.05) is 112 Å². The Morgan fingerprint density at radius 1 is 0.856 bits per heavy atom. The Morgan fingerprint density at radius 2 is 1.62 bits per heavy atom. The summed E-state index contributed by atoms with van der Waals surface area (Å²) in [5.74, 6) is -1.84. The molecule has 0 radical (unpaired) electrons. The number of fused-ring (bicyclic) bond motifs is 3. The number of rotatable bonds is 7. The third-order valence-corrected chi connectivity index (χ3v) is 32.9. The minimum atomic E-state index is -2.06. The molecule has 90 heavy (non-hydrogen) atoms. The van der Waals surface area contributed by atoms with E-state index in [1.165, 1.54) is 28.0 Å². The molecule has 10 N–H and O–H groups in total. The first-order valence-corrected chi connectivity index (χ1v) is 37.8. The predicted octanol–water partition coefficient (Wildman–Crippen LogP) is 8.87. The van der Waals surface area contributed by atoms with Crippen molar-refractivity contribution < 1.29 is 65.0 Å². The summed E-state index contributed by atoms with van der Waals surface area (Å²) in [5.41, 5.74) is -12.8. The smallest absolute Gasteiger partial charge is 0.234 e. The molecular weight excluding hydrogens is 1180 g/mol. The van der Waals surface area contributed by atoms with E-state index in [4.69, 9.17) is 9.47 Å². The highest BCUT2D eigenvalue weighted by Crippen LogP contribution is 2.82. The highest BCUT2D eigenvalue weighted by Gasteiger charge is 2.84. The van der Waals surface area contributed by atoms with E-state index in [0.717, 1.165) is 50.5 Å². The number of hydrogen-bond acceptors (Lipinski definition) is 16. The number of piperidine rings is 1. The lowest BCUT2D eigenvalue weighted by molar-refractivity contribution is -0.309. The third kappa shape index (κ3) is 8.08. The summed E-state index contributed by atoms with van der Waals surface area (Å²) in [6.45, 7) is 7.71. The Hall–Kier alpha value is -2.36. The maximum Gasteiger partial charge on any atom is 0.234 e. The minimum Gasteiger partial charge on any atom is -0.508 e. The number of nitrogens with zero attached hydrogens (tertiary/aromatic N) is 1. The monoisotopic (exact) mass is 1280 g/mol. The molecule has 6 aliphatic heterocycles. The van der Waals surface area contributed by atoms with Gasteiger partial charge in [0.25, 0.3) is 0 Å². The Kier molecular flexibility index (Phi) is 15.6. The van der Waals surface area contributed by atoms with Crippen molar-refractivity contribution in [1.29, 1.82) is 0 Å². The molecule has 10 aliphatic carbocycles. The number of aryl methyl sites for hydroxylation is 1. The van der Waals surface area contributed by atoms with Gasteiger partial charge in [-0.3, -0.25) is 9.59 Å². The Balaban J connectivity index is 0.898. The zero-order valence-electron chi connectivity index (χ0n) is 53.9. The van der Waals surface area contributed by atoms with Crippen LogP contribution in [-0.4, -0.2) is 155 Å². The van der Waals surface area contributed by atoms with Crippen LogP contribution in [0.5, 0.6) is 5.75 Å². The molecule has 16 aliphatic rings. The topological polar surface area (TPSA) is 253 Å². The fourth-order valence-corrected chi connectivity index (χ4v) is 29.0. The molecule has 17 heteroatoms. The number of benzene rings is 1. The molecule has 0 aromatic heterocycles. The van der Waals surface area contributed by atoms with E-state index in [2.05, 4.69) is 50.4 Å². The quantitative estimate of drug-likeness (QED) is 0.0695. The number of epoxide rings is 1. The second-order valence-electron chi connectivity index (χ2n) is 32.9. The van der Waals surface area contributed by atoms with E-state index in [1.54, 1.807) is 25.3 Å². The number of hydrogen-bond donors (Lipinski definition) is 10. The number of allylic oxidation sites excluding steroid dienone is 3. The molecule has 6 spiro atoms. The largest absolute Gasteiger partial charge is 0.508 e. The number of carbonyl (C=O) groups excluding carboxylic acids is 2. The standard InChI is InChI=1S/C73H104N2O13S2/c1-41(2)42(3)59-61(88-59)70(84)25-12-15-45-32-53-54-35-57(79)69(36-58(80)72(86,40-77)67(64(53,69)4)23-9-10-24-67)63(83)90-89-38-47-14-11-13-46(37-76)73(47)62(82)75(48-29-43(30-49(78)33-48)18-27-68(45)56(70)20-28-71(54,68)85)39-65(73)26-19-51(60(65)81)55-31-44-16-17-50(87-5)34-52(44)66(74-55)21-7-6-8-22-66/h12,15-17,29-30,33,35,41-42,44-47,50-53,55-56,58-61,63,74,76-78,80-81,83-86H,6-11,13-14,18-28,31-32,34,36-40H2,1-5H3. The van der Waals surface area contributed by atoms with Gasteiger partial charge in [0.1, 0.15) is 28.5 Å². The van der Waals surface area contributed by atoms with Gasteiger partial charge in [-0.2, -0.15) is 0 Å². The molecule has 15 nitrogen and oxygen atoms in total. The van der Waals surface area contributed by atoms with Crippen LogP contribution < -0.4 is 10.2 Å². The van der Waals surface area contributed by atoms with Crippen LogP contribution in [-0.2, 0) is 25.5 Å². The number of methoxy groups -OCH3 is 1. The van der Waals surface area contributed by atoms with Crippen molar-refractivity contribution in [2.75, 3.05) is 37.5 Å². The first-order chi connectivity index (χ1) is 43.0. The summed E-state index contributed by atoms with van der Waals surface area (Å²) < 4.78 is 12.6. The van der Waals surface area contributed by atoms with Crippen molar-refractivity contribution in [2.45, 2.75) is 240 Å². The number of aliphatic hydroxyl groups excluding tert-OH is 5. The molecule has 8 bridgehead atoms. The van der Waals surface area contributed by atoms with Gasteiger partial charge < -0.3 is 65.6 Å². The van der Waals surface area contributed by atoms with E-state index in [-0.39, 0.29) is 79.2 Å². The van der Waals surface area contributed by atoms with Gasteiger partial charge >= 0.3 is 0 Å². The van der Waals surface area contributed by atoms with Gasteiger partial charge in [0.05, 0.1) is 47.5 Å². The molecule has 496 valence electrons. The maximum atomic E-state index is 16.9. The number of phenols is 1. The Labute approximate surface area is 540 Å². The summed E-state index contributed by atoms with van der Waals surface area (Å²) >= 11 is 0. The van der Waals surface area contributed by atoms with Crippen LogP contribution in [0.25, 0.3) is 0 Å². The lowest BCUT2D eigenvalue weighted by Crippen LogP contribution is -2.79. The zero-order chi connectivity index (χ0) is 63.1. The highest BCUT2D eigenvalue weighted by molar-refractivity contribution is 8.76. The maximum absolute atomic E-state index is 16.9. The first kappa shape index (κ1) is 63.7. The van der Waals surface area contributed by atoms with Gasteiger partial charge in [-0.25, -0.2) is 0 Å². The van der Waals surface area contributed by atoms with E-state index >= 15 is 9.59 Å². The van der Waals surface area contributed by atoms with Crippen LogP contribution in [0.1, 0.15) is 175 Å². The molecule has 17 rings (SSSR count). The number of phenolic OH excluding ortho intramolecular Hbond substituents is 1. The third-order valence-electron chi connectivity index (χ3n) is 30.3. The summed E-state index contributed by atoms with van der Waals surface area (Å²) in [4.78, 5) is 35.3. The van der Waals surface area contributed by atoms with Crippen molar-refractivity contribution in [3.63, 3.8) is 0 Å². The minimum absolute atomic E-state index is 0.0213. The Bertz CT molecular complexity index is 3090. The van der Waals surface area contributed by atoms with Crippen LogP contribution >= 0.6 is 21.6 Å². The van der Waals surface area contributed by atoms with Crippen molar-refractivity contribution in [3.05, 3.63) is 59.7 Å². The number of anilines is 1. The number of amides is 1. The van der Waals surface area contributed by atoms with E-state index in [1.807, 2.05) is 17.9 Å². The fraction of sp³-hybridized carbons (Fsp3) is 0.808.